The topological polar surface area (TPSA) is 58.3 Å². The molecule has 72 valence electrons. The Kier molecular flexibility index (Phi) is 4.21. The van der Waals surface area contributed by atoms with E-state index in [1.54, 1.807) is 0 Å². The van der Waals surface area contributed by atoms with Crippen LogP contribution in [-0.4, -0.2) is 24.3 Å². The van der Waals surface area contributed by atoms with Crippen molar-refractivity contribution >= 4 is 21.6 Å². The first-order chi connectivity index (χ1) is 6.27. The second-order valence-corrected chi connectivity index (χ2v) is 3.59. The van der Waals surface area contributed by atoms with Crippen LogP contribution in [0.3, 0.4) is 0 Å². The molecule has 0 aliphatic carbocycles. The molecule has 1 unspecified atom stereocenters. The number of nitrogens with one attached hydrogen (secondary N) is 1. The summed E-state index contributed by atoms with van der Waals surface area (Å²) in [6.45, 7) is 0.454. The lowest BCUT2D eigenvalue weighted by atomic mass is 10.2. The highest BCUT2D eigenvalue weighted by Crippen LogP contribution is 2.21. The molecule has 3 nitrogen and oxygen atoms in total. The predicted octanol–water partition coefficient (Wildman–Crippen LogP) is 1.18. The van der Waals surface area contributed by atoms with E-state index in [4.69, 9.17) is 10.8 Å². The number of aliphatic hydroxyl groups is 1. The molecule has 0 aromatic heterocycles. The number of nitrogens with two attached hydrogens (primary N) is 1. The zero-order chi connectivity index (χ0) is 9.68. The summed E-state index contributed by atoms with van der Waals surface area (Å²) in [6, 6.07) is 7.65. The molecule has 0 saturated heterocycles. The van der Waals surface area contributed by atoms with Gasteiger partial charge in [-0.05, 0) is 28.1 Å². The summed E-state index contributed by atoms with van der Waals surface area (Å²) in [5, 5.41) is 12.0. The summed E-state index contributed by atoms with van der Waals surface area (Å²) in [5.74, 6) is 0. The molecule has 0 aliphatic rings. The standard InChI is InChI=1S/C9H13BrN2O/c10-8-3-1-2-4-9(8)12-7(5-11)6-13/h1-4,7,12-13H,5-6,11H2. The summed E-state index contributed by atoms with van der Waals surface area (Å²) >= 11 is 3.40. The number of benzene rings is 1. The average molecular weight is 245 g/mol. The minimum atomic E-state index is -0.0845. The van der Waals surface area contributed by atoms with Crippen molar-refractivity contribution < 1.29 is 5.11 Å². The van der Waals surface area contributed by atoms with Gasteiger partial charge in [0, 0.05) is 16.7 Å². The van der Waals surface area contributed by atoms with E-state index in [1.165, 1.54) is 0 Å². The first-order valence-electron chi connectivity index (χ1n) is 4.10. The third kappa shape index (κ3) is 2.99. The van der Waals surface area contributed by atoms with Crippen LogP contribution < -0.4 is 11.1 Å². The molecule has 0 fully saturated rings. The van der Waals surface area contributed by atoms with Gasteiger partial charge in [-0.2, -0.15) is 0 Å². The van der Waals surface area contributed by atoms with Gasteiger partial charge in [0.1, 0.15) is 0 Å². The van der Waals surface area contributed by atoms with Gasteiger partial charge in [0.25, 0.3) is 0 Å². The third-order valence-corrected chi connectivity index (χ3v) is 2.43. The molecule has 1 atom stereocenters. The lowest BCUT2D eigenvalue weighted by molar-refractivity contribution is 0.276. The minimum Gasteiger partial charge on any atom is -0.394 e. The monoisotopic (exact) mass is 244 g/mol. The number of hydrogen-bond donors (Lipinski definition) is 3. The molecular formula is C9H13BrN2O. The van der Waals surface area contributed by atoms with Crippen LogP contribution in [0.2, 0.25) is 0 Å². The average Bonchev–Trinajstić information content (AvgIpc) is 2.17. The highest BCUT2D eigenvalue weighted by Gasteiger charge is 2.05. The summed E-state index contributed by atoms with van der Waals surface area (Å²) in [4.78, 5) is 0. The molecule has 1 aromatic carbocycles. The van der Waals surface area contributed by atoms with E-state index in [-0.39, 0.29) is 12.6 Å². The molecule has 0 aliphatic heterocycles. The molecule has 0 heterocycles. The molecule has 0 amide bonds. The van der Waals surface area contributed by atoms with Crippen LogP contribution in [0.15, 0.2) is 28.7 Å². The van der Waals surface area contributed by atoms with Crippen molar-refractivity contribution in [1.29, 1.82) is 0 Å². The van der Waals surface area contributed by atoms with Gasteiger partial charge in [-0.1, -0.05) is 12.1 Å². The van der Waals surface area contributed by atoms with Crippen LogP contribution in [0.25, 0.3) is 0 Å². The van der Waals surface area contributed by atoms with E-state index in [2.05, 4.69) is 21.2 Å². The quantitative estimate of drug-likeness (QED) is 0.746. The van der Waals surface area contributed by atoms with Gasteiger partial charge in [0.05, 0.1) is 12.6 Å². The van der Waals surface area contributed by atoms with Gasteiger partial charge in [-0.25, -0.2) is 0 Å². The largest absolute Gasteiger partial charge is 0.394 e. The van der Waals surface area contributed by atoms with Gasteiger partial charge >= 0.3 is 0 Å². The van der Waals surface area contributed by atoms with Crippen LogP contribution in [-0.2, 0) is 0 Å². The van der Waals surface area contributed by atoms with Crippen LogP contribution in [0.4, 0.5) is 5.69 Å². The molecule has 0 bridgehead atoms. The molecule has 0 spiro atoms. The Bertz CT molecular complexity index is 264. The van der Waals surface area contributed by atoms with Crippen LogP contribution in [0.1, 0.15) is 0 Å². The van der Waals surface area contributed by atoms with Crippen molar-refractivity contribution in [2.24, 2.45) is 5.73 Å². The lowest BCUT2D eigenvalue weighted by Gasteiger charge is -2.16. The molecular weight excluding hydrogens is 232 g/mol. The molecule has 1 aromatic rings. The fraction of sp³-hybridized carbons (Fsp3) is 0.333. The number of rotatable bonds is 4. The van der Waals surface area contributed by atoms with Gasteiger partial charge in [0.2, 0.25) is 0 Å². The molecule has 1 rings (SSSR count). The molecule has 0 radical (unpaired) electrons. The van der Waals surface area contributed by atoms with Crippen LogP contribution in [0.5, 0.6) is 0 Å². The van der Waals surface area contributed by atoms with E-state index in [1.807, 2.05) is 24.3 Å². The number of para-hydroxylation sites is 1. The van der Waals surface area contributed by atoms with Crippen molar-refractivity contribution in [3.63, 3.8) is 0 Å². The second kappa shape index (κ2) is 5.21. The SMILES string of the molecule is NCC(CO)Nc1ccccc1Br. The summed E-state index contributed by atoms with van der Waals surface area (Å²) in [5.41, 5.74) is 6.39. The Labute approximate surface area is 86.1 Å². The molecule has 13 heavy (non-hydrogen) atoms. The maximum absolute atomic E-state index is 8.92. The van der Waals surface area contributed by atoms with Crippen molar-refractivity contribution in [2.75, 3.05) is 18.5 Å². The zero-order valence-corrected chi connectivity index (χ0v) is 8.79. The zero-order valence-electron chi connectivity index (χ0n) is 7.20. The number of halogens is 1. The van der Waals surface area contributed by atoms with Crippen molar-refractivity contribution in [2.45, 2.75) is 6.04 Å². The Hall–Kier alpha value is -0.580. The summed E-state index contributed by atoms with van der Waals surface area (Å²) < 4.78 is 0.974. The van der Waals surface area contributed by atoms with Crippen LogP contribution >= 0.6 is 15.9 Å². The molecule has 4 N–H and O–H groups in total. The van der Waals surface area contributed by atoms with Crippen molar-refractivity contribution in [1.82, 2.24) is 0 Å². The van der Waals surface area contributed by atoms with Gasteiger partial charge < -0.3 is 16.2 Å². The van der Waals surface area contributed by atoms with E-state index in [0.717, 1.165) is 10.2 Å². The first-order valence-corrected chi connectivity index (χ1v) is 4.89. The maximum atomic E-state index is 8.92. The van der Waals surface area contributed by atoms with E-state index >= 15 is 0 Å². The van der Waals surface area contributed by atoms with Crippen molar-refractivity contribution in [3.05, 3.63) is 28.7 Å². The third-order valence-electron chi connectivity index (χ3n) is 1.74. The van der Waals surface area contributed by atoms with Gasteiger partial charge in [0.15, 0.2) is 0 Å². The summed E-state index contributed by atoms with van der Waals surface area (Å²) in [7, 11) is 0. The van der Waals surface area contributed by atoms with E-state index < -0.39 is 0 Å². The first kappa shape index (κ1) is 10.5. The molecule has 0 saturated carbocycles. The molecule has 4 heteroatoms. The Morgan fingerprint density at radius 3 is 2.69 bits per heavy atom. The van der Waals surface area contributed by atoms with Crippen molar-refractivity contribution in [3.8, 4) is 0 Å². The normalized spacial score (nSPS) is 12.5. The highest BCUT2D eigenvalue weighted by molar-refractivity contribution is 9.10. The van der Waals surface area contributed by atoms with Crippen LogP contribution in [0, 0.1) is 0 Å². The minimum absolute atomic E-state index is 0.0395. The number of anilines is 1. The Balaban J connectivity index is 2.67. The van der Waals surface area contributed by atoms with E-state index in [0.29, 0.717) is 6.54 Å². The highest BCUT2D eigenvalue weighted by atomic mass is 79.9. The predicted molar refractivity (Wildman–Crippen MR) is 57.7 cm³/mol. The number of aliphatic hydroxyl groups excluding tert-OH is 1. The Morgan fingerprint density at radius 2 is 2.15 bits per heavy atom. The van der Waals surface area contributed by atoms with Gasteiger partial charge in [-0.3, -0.25) is 0 Å². The van der Waals surface area contributed by atoms with E-state index in [9.17, 15) is 0 Å². The summed E-state index contributed by atoms with van der Waals surface area (Å²) in [6.07, 6.45) is 0. The Morgan fingerprint density at radius 1 is 1.46 bits per heavy atom. The maximum Gasteiger partial charge on any atom is 0.0645 e. The smallest absolute Gasteiger partial charge is 0.0645 e. The second-order valence-electron chi connectivity index (χ2n) is 2.74. The fourth-order valence-electron chi connectivity index (χ4n) is 0.977. The lowest BCUT2D eigenvalue weighted by Crippen LogP contribution is -2.32. The number of hydrogen-bond acceptors (Lipinski definition) is 3. The van der Waals surface area contributed by atoms with Gasteiger partial charge in [-0.15, -0.1) is 0 Å². The fourth-order valence-corrected chi connectivity index (χ4v) is 1.38.